The van der Waals surface area contributed by atoms with Gasteiger partial charge in [-0.15, -0.1) is 0 Å². The van der Waals surface area contributed by atoms with Gasteiger partial charge in [-0.3, -0.25) is 9.80 Å². The van der Waals surface area contributed by atoms with Crippen LogP contribution in [0, 0.1) is 0 Å². The molecule has 1 aromatic carbocycles. The standard InChI is InChI=1S/C14H23N2OP/c1-18(2,17)13-16-10-8-15(9-11-16)12-14-6-4-3-5-7-14/h3-7H,8-13H2,1-2H3. The fraction of sp³-hybridized carbons (Fsp3) is 0.571. The fourth-order valence-corrected chi connectivity index (χ4v) is 3.66. The highest BCUT2D eigenvalue weighted by atomic mass is 31.2. The molecule has 0 N–H and O–H groups in total. The van der Waals surface area contributed by atoms with Gasteiger partial charge in [0, 0.05) is 32.7 Å². The summed E-state index contributed by atoms with van der Waals surface area (Å²) in [6.07, 6.45) is 0.770. The second kappa shape index (κ2) is 6.01. The Kier molecular flexibility index (Phi) is 4.60. The lowest BCUT2D eigenvalue weighted by Crippen LogP contribution is -2.45. The summed E-state index contributed by atoms with van der Waals surface area (Å²) in [7, 11) is -1.91. The Balaban J connectivity index is 1.79. The van der Waals surface area contributed by atoms with Crippen LogP contribution in [-0.4, -0.2) is 55.6 Å². The monoisotopic (exact) mass is 266 g/mol. The SMILES string of the molecule is CP(C)(=O)CN1CCN(Cc2ccccc2)CC1. The molecule has 1 heterocycles. The van der Waals surface area contributed by atoms with E-state index in [-0.39, 0.29) is 0 Å². The molecule has 1 aromatic rings. The van der Waals surface area contributed by atoms with Gasteiger partial charge in [0.05, 0.1) is 13.4 Å². The van der Waals surface area contributed by atoms with Crippen molar-refractivity contribution in [1.29, 1.82) is 0 Å². The second-order valence-corrected chi connectivity index (χ2v) is 9.03. The van der Waals surface area contributed by atoms with E-state index in [0.29, 0.717) is 0 Å². The van der Waals surface area contributed by atoms with Crippen molar-refractivity contribution in [3.05, 3.63) is 35.9 Å². The molecule has 2 rings (SSSR count). The van der Waals surface area contributed by atoms with E-state index in [1.807, 2.05) is 13.3 Å². The summed E-state index contributed by atoms with van der Waals surface area (Å²) in [5, 5.41) is 0. The van der Waals surface area contributed by atoms with E-state index in [0.717, 1.165) is 39.0 Å². The zero-order valence-electron chi connectivity index (χ0n) is 11.4. The quantitative estimate of drug-likeness (QED) is 0.782. The molecule has 1 fully saturated rings. The number of hydrogen-bond acceptors (Lipinski definition) is 3. The van der Waals surface area contributed by atoms with Gasteiger partial charge in [0.2, 0.25) is 0 Å². The Labute approximate surface area is 110 Å². The van der Waals surface area contributed by atoms with Crippen molar-refractivity contribution < 1.29 is 4.57 Å². The number of benzene rings is 1. The van der Waals surface area contributed by atoms with Crippen LogP contribution in [0.2, 0.25) is 0 Å². The van der Waals surface area contributed by atoms with Crippen LogP contribution in [-0.2, 0) is 11.1 Å². The predicted molar refractivity (Wildman–Crippen MR) is 77.6 cm³/mol. The van der Waals surface area contributed by atoms with Gasteiger partial charge < -0.3 is 4.57 Å². The van der Waals surface area contributed by atoms with Crippen molar-refractivity contribution in [2.45, 2.75) is 6.54 Å². The Morgan fingerprint density at radius 2 is 1.56 bits per heavy atom. The van der Waals surface area contributed by atoms with Gasteiger partial charge in [0.25, 0.3) is 0 Å². The zero-order chi connectivity index (χ0) is 13.0. The number of rotatable bonds is 4. The van der Waals surface area contributed by atoms with Crippen molar-refractivity contribution >= 4 is 7.14 Å². The molecule has 1 saturated heterocycles. The lowest BCUT2D eigenvalue weighted by molar-refractivity contribution is 0.141. The Bertz CT molecular complexity index is 407. The van der Waals surface area contributed by atoms with Crippen molar-refractivity contribution in [2.24, 2.45) is 0 Å². The van der Waals surface area contributed by atoms with E-state index in [1.165, 1.54) is 5.56 Å². The minimum absolute atomic E-state index is 0.770. The summed E-state index contributed by atoms with van der Waals surface area (Å²) in [5.41, 5.74) is 1.38. The van der Waals surface area contributed by atoms with Crippen molar-refractivity contribution in [3.8, 4) is 0 Å². The first-order chi connectivity index (χ1) is 8.53. The van der Waals surface area contributed by atoms with E-state index in [9.17, 15) is 4.57 Å². The molecule has 18 heavy (non-hydrogen) atoms. The molecule has 0 aromatic heterocycles. The molecular formula is C14H23N2OP. The third-order valence-electron chi connectivity index (χ3n) is 3.25. The molecule has 1 aliphatic rings. The molecule has 0 aliphatic carbocycles. The normalized spacial score (nSPS) is 19.0. The van der Waals surface area contributed by atoms with E-state index in [4.69, 9.17) is 0 Å². The first kappa shape index (κ1) is 13.8. The zero-order valence-corrected chi connectivity index (χ0v) is 12.3. The van der Waals surface area contributed by atoms with Crippen LogP contribution in [0.5, 0.6) is 0 Å². The lowest BCUT2D eigenvalue weighted by atomic mass is 10.2. The minimum atomic E-state index is -1.91. The van der Waals surface area contributed by atoms with Gasteiger partial charge in [-0.1, -0.05) is 30.3 Å². The molecule has 0 spiro atoms. The lowest BCUT2D eigenvalue weighted by Gasteiger charge is -2.35. The van der Waals surface area contributed by atoms with E-state index in [2.05, 4.69) is 40.1 Å². The van der Waals surface area contributed by atoms with Gasteiger partial charge in [0.15, 0.2) is 0 Å². The van der Waals surface area contributed by atoms with Crippen LogP contribution in [0.3, 0.4) is 0 Å². The van der Waals surface area contributed by atoms with Gasteiger partial charge in [-0.05, 0) is 18.9 Å². The average Bonchev–Trinajstić information content (AvgIpc) is 2.31. The molecule has 0 radical (unpaired) electrons. The minimum Gasteiger partial charge on any atom is -0.323 e. The molecule has 0 unspecified atom stereocenters. The summed E-state index contributed by atoms with van der Waals surface area (Å²) in [4.78, 5) is 4.81. The van der Waals surface area contributed by atoms with Crippen molar-refractivity contribution in [3.63, 3.8) is 0 Å². The van der Waals surface area contributed by atoms with Gasteiger partial charge in [-0.25, -0.2) is 0 Å². The maximum atomic E-state index is 11.8. The molecule has 0 amide bonds. The molecule has 3 nitrogen and oxygen atoms in total. The van der Waals surface area contributed by atoms with E-state index in [1.54, 1.807) is 0 Å². The maximum Gasteiger partial charge on any atom is 0.0951 e. The van der Waals surface area contributed by atoms with Gasteiger partial charge in [-0.2, -0.15) is 0 Å². The summed E-state index contributed by atoms with van der Waals surface area (Å²) >= 11 is 0. The first-order valence-electron chi connectivity index (χ1n) is 6.55. The van der Waals surface area contributed by atoms with Gasteiger partial charge >= 0.3 is 0 Å². The molecular weight excluding hydrogens is 243 g/mol. The van der Waals surface area contributed by atoms with Crippen LogP contribution in [0.15, 0.2) is 30.3 Å². The number of nitrogens with zero attached hydrogens (tertiary/aromatic N) is 2. The van der Waals surface area contributed by atoms with Crippen molar-refractivity contribution in [1.82, 2.24) is 9.80 Å². The molecule has 0 saturated carbocycles. The fourth-order valence-electron chi connectivity index (χ4n) is 2.41. The van der Waals surface area contributed by atoms with E-state index < -0.39 is 7.14 Å². The van der Waals surface area contributed by atoms with Crippen LogP contribution >= 0.6 is 7.14 Å². The highest BCUT2D eigenvalue weighted by molar-refractivity contribution is 7.62. The molecule has 4 heteroatoms. The van der Waals surface area contributed by atoms with Crippen molar-refractivity contribution in [2.75, 3.05) is 45.8 Å². The second-order valence-electron chi connectivity index (χ2n) is 5.60. The van der Waals surface area contributed by atoms with Crippen LogP contribution < -0.4 is 0 Å². The smallest absolute Gasteiger partial charge is 0.0951 e. The Morgan fingerprint density at radius 3 is 2.11 bits per heavy atom. The summed E-state index contributed by atoms with van der Waals surface area (Å²) in [6, 6.07) is 10.6. The number of piperazine rings is 1. The highest BCUT2D eigenvalue weighted by Gasteiger charge is 2.20. The van der Waals surface area contributed by atoms with Crippen LogP contribution in [0.4, 0.5) is 0 Å². The Hall–Kier alpha value is -0.630. The third-order valence-corrected chi connectivity index (χ3v) is 4.34. The molecule has 0 bridgehead atoms. The van der Waals surface area contributed by atoms with Gasteiger partial charge in [0.1, 0.15) is 0 Å². The highest BCUT2D eigenvalue weighted by Crippen LogP contribution is 2.36. The summed E-state index contributed by atoms with van der Waals surface area (Å²) in [6.45, 7) is 9.03. The molecule has 1 aliphatic heterocycles. The largest absolute Gasteiger partial charge is 0.323 e. The summed E-state index contributed by atoms with van der Waals surface area (Å²) < 4.78 is 11.8. The summed E-state index contributed by atoms with van der Waals surface area (Å²) in [5.74, 6) is 0. The van der Waals surface area contributed by atoms with Crippen LogP contribution in [0.25, 0.3) is 0 Å². The predicted octanol–water partition coefficient (Wildman–Crippen LogP) is 2.38. The Morgan fingerprint density at radius 1 is 1.00 bits per heavy atom. The number of hydrogen-bond donors (Lipinski definition) is 0. The first-order valence-corrected chi connectivity index (χ1v) is 9.34. The third kappa shape index (κ3) is 4.56. The molecule has 0 atom stereocenters. The topological polar surface area (TPSA) is 23.6 Å². The maximum absolute atomic E-state index is 11.8. The van der Waals surface area contributed by atoms with Crippen LogP contribution in [0.1, 0.15) is 5.56 Å². The molecule has 100 valence electrons. The average molecular weight is 266 g/mol. The van der Waals surface area contributed by atoms with E-state index >= 15 is 0 Å².